The van der Waals surface area contributed by atoms with Crippen molar-refractivity contribution < 1.29 is 58.4 Å². The van der Waals surface area contributed by atoms with Crippen LogP contribution < -0.4 is 0 Å². The second kappa shape index (κ2) is 538. The summed E-state index contributed by atoms with van der Waals surface area (Å²) in [6.45, 7) is 21.8. The normalized spacial score (nSPS) is 3.00. The number of nitrogens with zero attached hydrogens (tertiary/aromatic N) is 2. The van der Waals surface area contributed by atoms with Crippen LogP contribution in [0.4, 0.5) is 0 Å². The Balaban J connectivity index is -0.00000000797. The summed E-state index contributed by atoms with van der Waals surface area (Å²) in [5.74, 6) is 1.20. The Bertz CT molecular complexity index is 121. The Morgan fingerprint density at radius 1 is 0.944 bits per heavy atom. The molecule has 0 aliphatic heterocycles. The molecule has 0 aromatic heterocycles. The van der Waals surface area contributed by atoms with Gasteiger partial charge in [-0.15, -0.1) is 0 Å². The summed E-state index contributed by atoms with van der Waals surface area (Å²) in [4.78, 5) is 7.75. The number of ether oxygens (including phenoxy) is 1. The fraction of sp³-hybridized carbons (Fsp3) is 0.286. The Morgan fingerprint density at radius 2 is 1.06 bits per heavy atom. The molecule has 0 aliphatic carbocycles. The summed E-state index contributed by atoms with van der Waals surface area (Å²) < 4.78 is 19.7. The van der Waals surface area contributed by atoms with Crippen LogP contribution in [0.3, 0.4) is 0 Å². The summed E-state index contributed by atoms with van der Waals surface area (Å²) in [6, 6.07) is 0. The van der Waals surface area contributed by atoms with Gasteiger partial charge in [0, 0.05) is 0 Å². The van der Waals surface area contributed by atoms with Crippen LogP contribution in [-0.4, -0.2) is 24.1 Å². The van der Waals surface area contributed by atoms with Crippen molar-refractivity contribution in [2.45, 2.75) is 0 Å². The van der Waals surface area contributed by atoms with E-state index in [1.165, 1.54) is 0 Å². The molecule has 103 valence electrons. The predicted octanol–water partition coefficient (Wildman–Crippen LogP) is -2.05. The van der Waals surface area contributed by atoms with Crippen molar-refractivity contribution >= 4 is 32.0 Å². The second-order valence-electron chi connectivity index (χ2n) is 0.493. The minimum absolute atomic E-state index is 0. The first kappa shape index (κ1) is 64.9. The molecule has 18 heavy (non-hydrogen) atoms. The van der Waals surface area contributed by atoms with Crippen molar-refractivity contribution in [3.05, 3.63) is 26.4 Å². The third-order valence-electron chi connectivity index (χ3n) is 0.204. The monoisotopic (exact) mass is 379 g/mol. The van der Waals surface area contributed by atoms with E-state index in [2.05, 4.69) is 50.1 Å². The third kappa shape index (κ3) is 1080. The van der Waals surface area contributed by atoms with E-state index in [1.807, 2.05) is 0 Å². The van der Waals surface area contributed by atoms with Gasteiger partial charge in [0.2, 0.25) is 11.9 Å². The number of hydrogen-bond donors (Lipinski definition) is 0. The minimum Gasteiger partial charge on any atom is -0.545 e. The standard InChI is InChI=1S/C2H6OS2.2CN.CHO.2CO.2Fe.H2O/c4-1-3-2-5;5*1-2;;;/h4-5H,1-2H2;;;1H;;;;;1H2/q;3*-1;;;+2;+3;/p+2. The molecule has 0 rings (SSSR count). The molecule has 0 saturated carbocycles. The summed E-state index contributed by atoms with van der Waals surface area (Å²) in [5, 5.41) is 12.5. The Kier molecular flexibility index (Phi) is 1940. The van der Waals surface area contributed by atoms with Crippen LogP contribution in [0.25, 0.3) is 0 Å². The minimum atomic E-state index is 0. The van der Waals surface area contributed by atoms with Crippen molar-refractivity contribution in [1.82, 2.24) is 0 Å². The zero-order valence-corrected chi connectivity index (χ0v) is 12.9. The topological polar surface area (TPSA) is 145 Å². The summed E-state index contributed by atoms with van der Waals surface area (Å²) in [6.07, 6.45) is 0. The van der Waals surface area contributed by atoms with E-state index in [0.29, 0.717) is 11.9 Å². The molecule has 0 saturated heterocycles. The molecule has 0 bridgehead atoms. The quantitative estimate of drug-likeness (QED) is 0.235. The van der Waals surface area contributed by atoms with E-state index in [-0.39, 0.29) is 39.6 Å². The van der Waals surface area contributed by atoms with E-state index >= 15 is 0 Å². The molecule has 0 amide bonds. The van der Waals surface area contributed by atoms with Gasteiger partial charge < -0.3 is 33.9 Å². The van der Waals surface area contributed by atoms with Gasteiger partial charge in [-0.3, -0.25) is 11.5 Å². The Hall–Kier alpha value is -0.211. The van der Waals surface area contributed by atoms with Gasteiger partial charge in [0.25, 0.3) is 0 Å². The molecule has 11 heteroatoms. The van der Waals surface area contributed by atoms with Crippen molar-refractivity contribution in [1.29, 1.82) is 10.5 Å². The van der Waals surface area contributed by atoms with Crippen LogP contribution >= 0.6 is 0 Å². The van der Waals surface area contributed by atoms with Crippen LogP contribution in [0.2, 0.25) is 0 Å². The smallest absolute Gasteiger partial charge is 0.545 e. The predicted molar refractivity (Wildman–Crippen MR) is 59.3 cm³/mol. The fourth-order valence-electron chi connectivity index (χ4n) is 0.0510. The summed E-state index contributed by atoms with van der Waals surface area (Å²) in [5.41, 5.74) is 0. The molecule has 0 aliphatic rings. The van der Waals surface area contributed by atoms with E-state index in [4.69, 9.17) is 37.8 Å². The number of carbonyl (C=O) groups excluding carboxylic acids is 1. The maximum Gasteiger partial charge on any atom is 3.00 e. The first-order valence-electron chi connectivity index (χ1n) is 2.38. The Labute approximate surface area is 139 Å². The van der Waals surface area contributed by atoms with Crippen LogP contribution in [0.15, 0.2) is 0 Å². The molecular weight excluding hydrogens is 368 g/mol. The first-order chi connectivity index (χ1) is 7.41. The molecule has 0 fully saturated rings. The molecule has 7 nitrogen and oxygen atoms in total. The summed E-state index contributed by atoms with van der Waals surface area (Å²) >= 11 is 6.19. The van der Waals surface area contributed by atoms with E-state index < -0.39 is 0 Å². The van der Waals surface area contributed by atoms with Gasteiger partial charge in [-0.05, 0) is 25.3 Å². The maximum atomic E-state index is 7.75. The van der Waals surface area contributed by atoms with Gasteiger partial charge in [-0.25, -0.2) is 0 Å². The second-order valence-corrected chi connectivity index (χ2v) is 1.07. The van der Waals surface area contributed by atoms with Crippen LogP contribution in [0.5, 0.6) is 0 Å². The zero-order chi connectivity index (χ0) is 14.1. The molecular formula is C7H11Fe2N2O5S2+4. The Morgan fingerprint density at radius 3 is 1.06 bits per heavy atom. The van der Waals surface area contributed by atoms with E-state index in [0.717, 1.165) is 0 Å². The first-order valence-corrected chi connectivity index (χ1v) is 3.79. The molecule has 1 radical (unpaired) electrons. The fourth-order valence-corrected chi connectivity index (χ4v) is 0.459. The molecule has 0 aromatic carbocycles. The van der Waals surface area contributed by atoms with Gasteiger partial charge >= 0.3 is 56.7 Å². The van der Waals surface area contributed by atoms with Gasteiger partial charge in [0.05, 0.1) is 0 Å². The third-order valence-corrected chi connectivity index (χ3v) is 0.612. The average molecular weight is 379 g/mol. The van der Waals surface area contributed by atoms with Crippen LogP contribution in [0.1, 0.15) is 0 Å². The van der Waals surface area contributed by atoms with Gasteiger partial charge in [0.1, 0.15) is 0 Å². The zero-order valence-electron chi connectivity index (χ0n) is 8.73. The van der Waals surface area contributed by atoms with Gasteiger partial charge in [0.15, 0.2) is 0 Å². The van der Waals surface area contributed by atoms with Gasteiger partial charge in [-0.2, -0.15) is 0 Å². The van der Waals surface area contributed by atoms with Crippen LogP contribution in [-0.2, 0) is 78.2 Å². The molecule has 0 spiro atoms. The molecule has 2 N–H and O–H groups in total. The molecule has 0 heterocycles. The van der Waals surface area contributed by atoms with Crippen molar-refractivity contribution in [3.63, 3.8) is 0 Å². The largest absolute Gasteiger partial charge is 3.00 e. The van der Waals surface area contributed by atoms with E-state index in [1.54, 1.807) is 0 Å². The van der Waals surface area contributed by atoms with Crippen molar-refractivity contribution in [3.8, 4) is 0 Å². The van der Waals surface area contributed by atoms with E-state index in [9.17, 15) is 0 Å². The molecule has 0 unspecified atom stereocenters. The molecule has 0 atom stereocenters. The molecule has 0 aromatic rings. The van der Waals surface area contributed by atoms with Crippen LogP contribution in [0, 0.1) is 37.0 Å². The number of rotatable bonds is 2. The summed E-state index contributed by atoms with van der Waals surface area (Å²) in [7, 11) is 0. The van der Waals surface area contributed by atoms with Crippen molar-refractivity contribution in [2.75, 3.05) is 11.9 Å². The SMILES string of the molecule is O.[C-]#N.[C-]#N.[C-]#[O+].[C-]#[O+].[CH-]=O.[Fe+2].[Fe+3].[SH2+]COC[SH2+]. The number of hydrogen-bond acceptors (Lipinski definition) is 4. The maximum absolute atomic E-state index is 7.75. The van der Waals surface area contributed by atoms with Crippen molar-refractivity contribution in [2.24, 2.45) is 0 Å². The van der Waals surface area contributed by atoms with Gasteiger partial charge in [-0.1, -0.05) is 0 Å². The average Bonchev–Trinajstić information content (AvgIpc) is 2.42.